The minimum absolute atomic E-state index is 0.327. The highest BCUT2D eigenvalue weighted by atomic mass is 19.4. The van der Waals surface area contributed by atoms with Crippen LogP contribution in [0.15, 0.2) is 12.4 Å². The molecule has 2 N–H and O–H groups in total. The van der Waals surface area contributed by atoms with E-state index in [1.54, 1.807) is 0 Å². The van der Waals surface area contributed by atoms with E-state index in [-0.39, 0.29) is 0 Å². The maximum Gasteiger partial charge on any atom is 0.574 e. The zero-order chi connectivity index (χ0) is 13.6. The lowest BCUT2D eigenvalue weighted by Gasteiger charge is -2.10. The largest absolute Gasteiger partial charge is 0.574 e. The molecule has 0 amide bonds. The van der Waals surface area contributed by atoms with E-state index in [9.17, 15) is 18.3 Å². The fourth-order valence-corrected chi connectivity index (χ4v) is 1.15. The van der Waals surface area contributed by atoms with Gasteiger partial charge in [0, 0.05) is 6.54 Å². The van der Waals surface area contributed by atoms with Crippen molar-refractivity contribution in [3.63, 3.8) is 0 Å². The molecule has 1 aromatic heterocycles. The summed E-state index contributed by atoms with van der Waals surface area (Å²) in [7, 11) is 0. The van der Waals surface area contributed by atoms with Crippen molar-refractivity contribution in [2.45, 2.75) is 32.2 Å². The molecule has 0 radical (unpaired) electrons. The molecule has 1 rings (SSSR count). The quantitative estimate of drug-likeness (QED) is 0.822. The summed E-state index contributed by atoms with van der Waals surface area (Å²) in [6.45, 7) is 2.32. The Labute approximate surface area is 102 Å². The number of hydrogen-bond donors (Lipinski definition) is 2. The third-order valence-corrected chi connectivity index (χ3v) is 2.10. The number of nitrogens with zero attached hydrogens (tertiary/aromatic N) is 2. The van der Waals surface area contributed by atoms with Gasteiger partial charge in [-0.25, -0.2) is 9.97 Å². The van der Waals surface area contributed by atoms with E-state index in [1.165, 1.54) is 0 Å². The van der Waals surface area contributed by atoms with Gasteiger partial charge in [0.25, 0.3) is 0 Å². The lowest BCUT2D eigenvalue weighted by Crippen LogP contribution is -2.18. The third kappa shape index (κ3) is 5.67. The Morgan fingerprint density at radius 3 is 2.61 bits per heavy atom. The van der Waals surface area contributed by atoms with Gasteiger partial charge in [-0.15, -0.1) is 13.2 Å². The molecule has 8 heteroatoms. The number of hydrogen-bond acceptors (Lipinski definition) is 5. The maximum atomic E-state index is 11.8. The van der Waals surface area contributed by atoms with E-state index in [0.717, 1.165) is 12.4 Å². The van der Waals surface area contributed by atoms with Crippen LogP contribution in [0.2, 0.25) is 0 Å². The fraction of sp³-hybridized carbons (Fsp3) is 0.600. The van der Waals surface area contributed by atoms with Crippen molar-refractivity contribution in [2.75, 3.05) is 11.9 Å². The number of aliphatic hydroxyl groups excluding tert-OH is 1. The molecule has 0 spiro atoms. The van der Waals surface area contributed by atoms with Gasteiger partial charge in [0.15, 0.2) is 0 Å². The van der Waals surface area contributed by atoms with Gasteiger partial charge in [0.1, 0.15) is 5.82 Å². The summed E-state index contributed by atoms with van der Waals surface area (Å²) in [6.07, 6.45) is -1.98. The predicted octanol–water partition coefficient (Wildman–Crippen LogP) is 1.95. The molecule has 1 unspecified atom stereocenters. The van der Waals surface area contributed by atoms with Gasteiger partial charge in [-0.05, 0) is 12.8 Å². The average Bonchev–Trinajstić information content (AvgIpc) is 2.29. The number of aromatic nitrogens is 2. The lowest BCUT2D eigenvalue weighted by molar-refractivity contribution is -0.276. The van der Waals surface area contributed by atoms with Gasteiger partial charge in [0.2, 0.25) is 5.88 Å². The van der Waals surface area contributed by atoms with Crippen LogP contribution in [0.4, 0.5) is 19.0 Å². The molecular weight excluding hydrogens is 251 g/mol. The van der Waals surface area contributed by atoms with Crippen LogP contribution in [0.3, 0.4) is 0 Å². The van der Waals surface area contributed by atoms with Crippen LogP contribution >= 0.6 is 0 Å². The van der Waals surface area contributed by atoms with Gasteiger partial charge >= 0.3 is 6.36 Å². The van der Waals surface area contributed by atoms with Crippen LogP contribution in [-0.4, -0.2) is 34.1 Å². The normalized spacial score (nSPS) is 13.2. The van der Waals surface area contributed by atoms with Crippen molar-refractivity contribution >= 4 is 5.82 Å². The molecule has 1 heterocycles. The SMILES string of the molecule is CCC(O)CCNc1cnc(OC(F)(F)F)cn1. The van der Waals surface area contributed by atoms with E-state index in [4.69, 9.17) is 0 Å². The van der Waals surface area contributed by atoms with Gasteiger partial charge in [0.05, 0.1) is 18.5 Å². The minimum atomic E-state index is -4.77. The Kier molecular flexibility index (Phi) is 5.14. The number of halogens is 3. The Morgan fingerprint density at radius 2 is 2.11 bits per heavy atom. The van der Waals surface area contributed by atoms with Crippen molar-refractivity contribution < 1.29 is 23.0 Å². The van der Waals surface area contributed by atoms with Crippen LogP contribution < -0.4 is 10.1 Å². The first-order valence-corrected chi connectivity index (χ1v) is 5.40. The van der Waals surface area contributed by atoms with Crippen molar-refractivity contribution in [3.05, 3.63) is 12.4 Å². The van der Waals surface area contributed by atoms with Crippen LogP contribution in [0, 0.1) is 0 Å². The average molecular weight is 265 g/mol. The molecule has 0 aliphatic rings. The molecule has 0 aromatic carbocycles. The topological polar surface area (TPSA) is 67.3 Å². The van der Waals surface area contributed by atoms with E-state index in [0.29, 0.717) is 25.2 Å². The van der Waals surface area contributed by atoms with Crippen LogP contribution in [-0.2, 0) is 0 Å². The van der Waals surface area contributed by atoms with Crippen molar-refractivity contribution in [1.82, 2.24) is 9.97 Å². The highest BCUT2D eigenvalue weighted by Gasteiger charge is 2.31. The number of rotatable bonds is 6. The molecule has 0 fully saturated rings. The molecule has 5 nitrogen and oxygen atoms in total. The zero-order valence-electron chi connectivity index (χ0n) is 9.74. The second-order valence-electron chi connectivity index (χ2n) is 3.57. The molecule has 0 aliphatic carbocycles. The molecule has 0 saturated heterocycles. The number of anilines is 1. The smallest absolute Gasteiger partial charge is 0.393 e. The number of ether oxygens (including phenoxy) is 1. The van der Waals surface area contributed by atoms with Crippen LogP contribution in [0.1, 0.15) is 19.8 Å². The molecule has 1 atom stereocenters. The second kappa shape index (κ2) is 6.39. The molecule has 0 bridgehead atoms. The summed E-state index contributed by atoms with van der Waals surface area (Å²) >= 11 is 0. The highest BCUT2D eigenvalue weighted by molar-refractivity contribution is 5.31. The standard InChI is InChI=1S/C10H14F3N3O2/c1-2-7(17)3-4-14-8-5-16-9(6-15-8)18-10(11,12)13/h5-7,17H,2-4H2,1H3,(H,14,15). The molecule has 1 aromatic rings. The lowest BCUT2D eigenvalue weighted by atomic mass is 10.2. The minimum Gasteiger partial charge on any atom is -0.393 e. The number of alkyl halides is 3. The molecule has 0 saturated carbocycles. The molecule has 0 aliphatic heterocycles. The first kappa shape index (κ1) is 14.5. The fourth-order valence-electron chi connectivity index (χ4n) is 1.15. The highest BCUT2D eigenvalue weighted by Crippen LogP contribution is 2.20. The Morgan fingerprint density at radius 1 is 1.39 bits per heavy atom. The van der Waals surface area contributed by atoms with Crippen LogP contribution in [0.5, 0.6) is 5.88 Å². The Hall–Kier alpha value is -1.57. The van der Waals surface area contributed by atoms with Crippen molar-refractivity contribution in [3.8, 4) is 5.88 Å². The Bertz CT molecular complexity index is 356. The summed E-state index contributed by atoms with van der Waals surface area (Å²) in [4.78, 5) is 7.16. The summed E-state index contributed by atoms with van der Waals surface area (Å²) in [5.41, 5.74) is 0. The maximum absolute atomic E-state index is 11.8. The number of nitrogens with one attached hydrogen (secondary N) is 1. The van der Waals surface area contributed by atoms with Gasteiger partial charge < -0.3 is 15.2 Å². The van der Waals surface area contributed by atoms with E-state index < -0.39 is 18.3 Å². The molecule has 102 valence electrons. The molecule has 18 heavy (non-hydrogen) atoms. The van der Waals surface area contributed by atoms with Crippen molar-refractivity contribution in [2.24, 2.45) is 0 Å². The van der Waals surface area contributed by atoms with E-state index in [2.05, 4.69) is 20.0 Å². The van der Waals surface area contributed by atoms with Gasteiger partial charge in [-0.3, -0.25) is 0 Å². The number of aliphatic hydroxyl groups is 1. The summed E-state index contributed by atoms with van der Waals surface area (Å²) in [6, 6.07) is 0. The summed E-state index contributed by atoms with van der Waals surface area (Å²) in [5.74, 6) is -0.283. The van der Waals surface area contributed by atoms with Crippen LogP contribution in [0.25, 0.3) is 0 Å². The Balaban J connectivity index is 2.41. The first-order valence-electron chi connectivity index (χ1n) is 5.40. The van der Waals surface area contributed by atoms with Gasteiger partial charge in [-0.2, -0.15) is 0 Å². The predicted molar refractivity (Wildman–Crippen MR) is 58.1 cm³/mol. The monoisotopic (exact) mass is 265 g/mol. The van der Waals surface area contributed by atoms with E-state index >= 15 is 0 Å². The summed E-state index contributed by atoms with van der Waals surface area (Å²) < 4.78 is 39.1. The first-order chi connectivity index (χ1) is 8.40. The van der Waals surface area contributed by atoms with Crippen molar-refractivity contribution in [1.29, 1.82) is 0 Å². The third-order valence-electron chi connectivity index (χ3n) is 2.10. The molecular formula is C10H14F3N3O2. The summed E-state index contributed by atoms with van der Waals surface area (Å²) in [5, 5.41) is 12.1. The zero-order valence-corrected chi connectivity index (χ0v) is 9.74. The van der Waals surface area contributed by atoms with Gasteiger partial charge in [-0.1, -0.05) is 6.92 Å². The van der Waals surface area contributed by atoms with E-state index in [1.807, 2.05) is 6.92 Å². The second-order valence-corrected chi connectivity index (χ2v) is 3.57.